The van der Waals surface area contributed by atoms with Crippen molar-refractivity contribution in [2.75, 3.05) is 7.11 Å². The third-order valence-electron chi connectivity index (χ3n) is 2.08. The number of methoxy groups -OCH3 is 1. The summed E-state index contributed by atoms with van der Waals surface area (Å²) in [4.78, 5) is 11.4. The van der Waals surface area contributed by atoms with Gasteiger partial charge in [0.2, 0.25) is 0 Å². The van der Waals surface area contributed by atoms with Gasteiger partial charge in [-0.25, -0.2) is 4.79 Å². The maximum Gasteiger partial charge on any atom is 0.338 e. The molecule has 1 atom stereocenters. The summed E-state index contributed by atoms with van der Waals surface area (Å²) in [5, 5.41) is 8.84. The first-order chi connectivity index (χ1) is 7.10. The Morgan fingerprint density at radius 1 is 1.60 bits per heavy atom. The van der Waals surface area contributed by atoms with E-state index in [4.69, 9.17) is 5.26 Å². The molecule has 1 rings (SSSR count). The number of carbonyl (C=O) groups excluding carboxylic acids is 1. The van der Waals surface area contributed by atoms with E-state index in [1.807, 2.05) is 0 Å². The molecule has 0 saturated carbocycles. The van der Waals surface area contributed by atoms with Gasteiger partial charge in [0, 0.05) is 4.47 Å². The van der Waals surface area contributed by atoms with Gasteiger partial charge in [-0.3, -0.25) is 0 Å². The predicted molar refractivity (Wildman–Crippen MR) is 59.5 cm³/mol. The van der Waals surface area contributed by atoms with Crippen molar-refractivity contribution < 1.29 is 9.53 Å². The summed E-state index contributed by atoms with van der Waals surface area (Å²) >= 11 is 3.30. The molecule has 0 amide bonds. The third-order valence-corrected chi connectivity index (χ3v) is 2.57. The predicted octanol–water partition coefficient (Wildman–Crippen LogP) is 2.86. The quantitative estimate of drug-likeness (QED) is 0.775. The fourth-order valence-electron chi connectivity index (χ4n) is 1.26. The Bertz CT molecular complexity index is 423. The van der Waals surface area contributed by atoms with Crippen molar-refractivity contribution in [3.05, 3.63) is 33.8 Å². The van der Waals surface area contributed by atoms with Crippen molar-refractivity contribution in [2.45, 2.75) is 12.8 Å². The molecule has 1 aromatic rings. The maximum absolute atomic E-state index is 11.4. The molecule has 15 heavy (non-hydrogen) atoms. The molecule has 1 unspecified atom stereocenters. The Balaban J connectivity index is 3.27. The standard InChI is InChI=1S/C11H10BrNO2/c1-7(6-13)10-5-8(12)3-4-9(10)11(14)15-2/h3-5,7H,1-2H3. The van der Waals surface area contributed by atoms with E-state index in [-0.39, 0.29) is 5.92 Å². The Labute approximate surface area is 96.8 Å². The SMILES string of the molecule is COC(=O)c1ccc(Br)cc1C(C)C#N. The Morgan fingerprint density at radius 3 is 2.80 bits per heavy atom. The lowest BCUT2D eigenvalue weighted by Gasteiger charge is -2.09. The lowest BCUT2D eigenvalue weighted by Crippen LogP contribution is -2.07. The second kappa shape index (κ2) is 4.94. The van der Waals surface area contributed by atoms with Gasteiger partial charge in [-0.05, 0) is 30.7 Å². The molecule has 0 fully saturated rings. The largest absolute Gasteiger partial charge is 0.465 e. The number of esters is 1. The number of benzene rings is 1. The van der Waals surface area contributed by atoms with Gasteiger partial charge >= 0.3 is 5.97 Å². The molecule has 0 spiro atoms. The van der Waals surface area contributed by atoms with Crippen molar-refractivity contribution in [2.24, 2.45) is 0 Å². The van der Waals surface area contributed by atoms with E-state index in [0.717, 1.165) is 4.47 Å². The van der Waals surface area contributed by atoms with Crippen LogP contribution in [0.2, 0.25) is 0 Å². The highest BCUT2D eigenvalue weighted by Gasteiger charge is 2.16. The number of halogens is 1. The van der Waals surface area contributed by atoms with E-state index < -0.39 is 5.97 Å². The molecule has 0 aromatic heterocycles. The van der Waals surface area contributed by atoms with Crippen LogP contribution >= 0.6 is 15.9 Å². The summed E-state index contributed by atoms with van der Waals surface area (Å²) < 4.78 is 5.49. The molecule has 0 aliphatic heterocycles. The van der Waals surface area contributed by atoms with Crippen LogP contribution in [0.4, 0.5) is 0 Å². The molecule has 0 N–H and O–H groups in total. The highest BCUT2D eigenvalue weighted by Crippen LogP contribution is 2.24. The van der Waals surface area contributed by atoms with E-state index in [0.29, 0.717) is 11.1 Å². The minimum Gasteiger partial charge on any atom is -0.465 e. The van der Waals surface area contributed by atoms with Crippen LogP contribution in [0.25, 0.3) is 0 Å². The molecular formula is C11H10BrNO2. The molecule has 3 nitrogen and oxygen atoms in total. The van der Waals surface area contributed by atoms with Crippen molar-refractivity contribution >= 4 is 21.9 Å². The zero-order valence-electron chi connectivity index (χ0n) is 8.45. The molecular weight excluding hydrogens is 258 g/mol. The number of hydrogen-bond donors (Lipinski definition) is 0. The molecule has 0 bridgehead atoms. The van der Waals surface area contributed by atoms with E-state index in [9.17, 15) is 4.79 Å². The highest BCUT2D eigenvalue weighted by molar-refractivity contribution is 9.10. The van der Waals surface area contributed by atoms with Crippen LogP contribution in [-0.2, 0) is 4.74 Å². The van der Waals surface area contributed by atoms with Crippen molar-refractivity contribution in [3.63, 3.8) is 0 Å². The summed E-state index contributed by atoms with van der Waals surface area (Å²) in [5.41, 5.74) is 1.12. The first-order valence-electron chi connectivity index (χ1n) is 4.37. The molecule has 0 saturated heterocycles. The Kier molecular flexibility index (Phi) is 3.87. The minimum atomic E-state index is -0.417. The number of ether oxygens (including phenoxy) is 1. The number of rotatable bonds is 2. The van der Waals surface area contributed by atoms with Crippen LogP contribution in [0, 0.1) is 11.3 Å². The number of carbonyl (C=O) groups is 1. The minimum absolute atomic E-state index is 0.336. The third kappa shape index (κ3) is 2.57. The number of hydrogen-bond acceptors (Lipinski definition) is 3. The highest BCUT2D eigenvalue weighted by atomic mass is 79.9. The summed E-state index contributed by atoms with van der Waals surface area (Å²) in [6.45, 7) is 1.74. The van der Waals surface area contributed by atoms with E-state index in [1.165, 1.54) is 7.11 Å². The van der Waals surface area contributed by atoms with Gasteiger partial charge in [-0.1, -0.05) is 15.9 Å². The number of nitrogens with zero attached hydrogens (tertiary/aromatic N) is 1. The smallest absolute Gasteiger partial charge is 0.338 e. The second-order valence-corrected chi connectivity index (χ2v) is 3.99. The van der Waals surface area contributed by atoms with Gasteiger partial charge in [0.05, 0.1) is 24.7 Å². The van der Waals surface area contributed by atoms with Crippen molar-refractivity contribution in [1.29, 1.82) is 5.26 Å². The van der Waals surface area contributed by atoms with Gasteiger partial charge in [-0.15, -0.1) is 0 Å². The first-order valence-corrected chi connectivity index (χ1v) is 5.16. The average molecular weight is 268 g/mol. The summed E-state index contributed by atoms with van der Waals surface area (Å²) in [6, 6.07) is 7.26. The Morgan fingerprint density at radius 2 is 2.27 bits per heavy atom. The van der Waals surface area contributed by atoms with Crippen LogP contribution in [0.5, 0.6) is 0 Å². The topological polar surface area (TPSA) is 50.1 Å². The van der Waals surface area contributed by atoms with Gasteiger partial charge in [0.25, 0.3) is 0 Å². The molecule has 4 heteroatoms. The number of nitriles is 1. The van der Waals surface area contributed by atoms with Crippen molar-refractivity contribution in [3.8, 4) is 6.07 Å². The zero-order valence-corrected chi connectivity index (χ0v) is 10.0. The van der Waals surface area contributed by atoms with E-state index in [1.54, 1.807) is 25.1 Å². The molecule has 0 aliphatic carbocycles. The van der Waals surface area contributed by atoms with Crippen LogP contribution in [-0.4, -0.2) is 13.1 Å². The maximum atomic E-state index is 11.4. The lowest BCUT2D eigenvalue weighted by atomic mass is 9.97. The summed E-state index contributed by atoms with van der Waals surface area (Å²) in [7, 11) is 1.32. The normalized spacial score (nSPS) is 11.6. The molecule has 0 radical (unpaired) electrons. The van der Waals surface area contributed by atoms with Crippen molar-refractivity contribution in [1.82, 2.24) is 0 Å². The molecule has 78 valence electrons. The molecule has 0 heterocycles. The first kappa shape index (κ1) is 11.7. The average Bonchev–Trinajstić information content (AvgIpc) is 2.26. The molecule has 1 aromatic carbocycles. The second-order valence-electron chi connectivity index (χ2n) is 3.07. The van der Waals surface area contributed by atoms with E-state index >= 15 is 0 Å². The van der Waals surface area contributed by atoms with Gasteiger partial charge < -0.3 is 4.74 Å². The fraction of sp³-hybridized carbons (Fsp3) is 0.273. The van der Waals surface area contributed by atoms with Gasteiger partial charge in [0.1, 0.15) is 0 Å². The van der Waals surface area contributed by atoms with Crippen LogP contribution < -0.4 is 0 Å². The van der Waals surface area contributed by atoms with Gasteiger partial charge in [0.15, 0.2) is 0 Å². The lowest BCUT2D eigenvalue weighted by molar-refractivity contribution is 0.0599. The summed E-state index contributed by atoms with van der Waals surface area (Å²) in [5.74, 6) is -0.754. The molecule has 0 aliphatic rings. The summed E-state index contributed by atoms with van der Waals surface area (Å²) in [6.07, 6.45) is 0. The fourth-order valence-corrected chi connectivity index (χ4v) is 1.64. The zero-order chi connectivity index (χ0) is 11.4. The van der Waals surface area contributed by atoms with E-state index in [2.05, 4.69) is 26.7 Å². The van der Waals surface area contributed by atoms with Gasteiger partial charge in [-0.2, -0.15) is 5.26 Å². The van der Waals surface area contributed by atoms with Crippen LogP contribution in [0.15, 0.2) is 22.7 Å². The van der Waals surface area contributed by atoms with Crippen LogP contribution in [0.1, 0.15) is 28.8 Å². The monoisotopic (exact) mass is 267 g/mol. The van der Waals surface area contributed by atoms with Crippen LogP contribution in [0.3, 0.4) is 0 Å². The Hall–Kier alpha value is -1.34.